The fourth-order valence-corrected chi connectivity index (χ4v) is 3.07. The highest BCUT2D eigenvalue weighted by Crippen LogP contribution is 2.15. The third-order valence-corrected chi connectivity index (χ3v) is 4.58. The third kappa shape index (κ3) is 6.77. The molecule has 146 valence electrons. The van der Waals surface area contributed by atoms with Crippen LogP contribution in [-0.4, -0.2) is 53.5 Å². The summed E-state index contributed by atoms with van der Waals surface area (Å²) in [5, 5.41) is 2.99. The molecule has 1 N–H and O–H groups in total. The first-order valence-electron chi connectivity index (χ1n) is 8.94. The summed E-state index contributed by atoms with van der Waals surface area (Å²) in [5.74, 6) is -0.179. The average Bonchev–Trinajstić information content (AvgIpc) is 3.18. The SMILES string of the molecule is COCC1=CCCC=C1.O=CN1CCCC1C(=O)NCc1nccnc1Cl. The van der Waals surface area contributed by atoms with Crippen LogP contribution in [0.15, 0.2) is 36.2 Å². The van der Waals surface area contributed by atoms with Crippen molar-refractivity contribution in [2.75, 3.05) is 20.3 Å². The molecule has 1 aromatic heterocycles. The number of rotatable bonds is 6. The molecule has 1 atom stereocenters. The van der Waals surface area contributed by atoms with E-state index >= 15 is 0 Å². The zero-order valence-corrected chi connectivity index (χ0v) is 16.2. The summed E-state index contributed by atoms with van der Waals surface area (Å²) in [5.41, 5.74) is 1.83. The van der Waals surface area contributed by atoms with Crippen molar-refractivity contribution in [2.45, 2.75) is 38.3 Å². The minimum absolute atomic E-state index is 0.179. The maximum Gasteiger partial charge on any atom is 0.243 e. The number of likely N-dealkylation sites (tertiary alicyclic amines) is 1. The smallest absolute Gasteiger partial charge is 0.243 e. The van der Waals surface area contributed by atoms with Gasteiger partial charge in [-0.15, -0.1) is 0 Å². The Bertz CT molecular complexity index is 693. The summed E-state index contributed by atoms with van der Waals surface area (Å²) >= 11 is 5.83. The van der Waals surface area contributed by atoms with Crippen LogP contribution in [0.5, 0.6) is 0 Å². The Labute approximate surface area is 164 Å². The fraction of sp³-hybridized carbons (Fsp3) is 0.474. The summed E-state index contributed by atoms with van der Waals surface area (Å²) < 4.78 is 4.96. The Kier molecular flexibility index (Phi) is 8.94. The van der Waals surface area contributed by atoms with E-state index in [-0.39, 0.29) is 23.6 Å². The van der Waals surface area contributed by atoms with Crippen molar-refractivity contribution in [3.63, 3.8) is 0 Å². The standard InChI is InChI=1S/C11H13ClN4O2.C8H12O/c12-10-8(13-3-4-14-10)6-15-11(18)9-2-1-5-16(9)7-17;1-9-7-8-5-3-2-4-6-8/h3-4,7,9H,1-2,5-6H2,(H,15,18);3,5-6H,2,4,7H2,1H3. The molecular formula is C19H25ClN4O3. The summed E-state index contributed by atoms with van der Waals surface area (Å²) in [6.45, 7) is 1.61. The first-order chi connectivity index (χ1) is 13.2. The van der Waals surface area contributed by atoms with Crippen molar-refractivity contribution in [3.05, 3.63) is 47.0 Å². The highest BCUT2D eigenvalue weighted by Gasteiger charge is 2.29. The molecule has 2 aliphatic rings. The Morgan fingerprint density at radius 3 is 2.89 bits per heavy atom. The molecule has 2 heterocycles. The maximum absolute atomic E-state index is 11.9. The van der Waals surface area contributed by atoms with Crippen LogP contribution in [0.2, 0.25) is 5.15 Å². The van der Waals surface area contributed by atoms with Crippen LogP contribution in [0.25, 0.3) is 0 Å². The number of carbonyl (C=O) groups is 2. The third-order valence-electron chi connectivity index (χ3n) is 4.27. The molecule has 1 fully saturated rings. The van der Waals surface area contributed by atoms with E-state index in [0.717, 1.165) is 13.0 Å². The summed E-state index contributed by atoms with van der Waals surface area (Å²) in [7, 11) is 1.73. The molecule has 2 amide bonds. The number of allylic oxidation sites excluding steroid dienone is 2. The predicted octanol–water partition coefficient (Wildman–Crippen LogP) is 2.28. The lowest BCUT2D eigenvalue weighted by Crippen LogP contribution is -2.42. The molecule has 1 aliphatic heterocycles. The molecule has 0 radical (unpaired) electrons. The largest absolute Gasteiger partial charge is 0.380 e. The van der Waals surface area contributed by atoms with E-state index in [1.807, 2.05) is 0 Å². The highest BCUT2D eigenvalue weighted by molar-refractivity contribution is 6.29. The lowest BCUT2D eigenvalue weighted by atomic mass is 10.1. The van der Waals surface area contributed by atoms with Crippen molar-refractivity contribution in [1.29, 1.82) is 0 Å². The van der Waals surface area contributed by atoms with E-state index in [9.17, 15) is 9.59 Å². The van der Waals surface area contributed by atoms with Gasteiger partial charge in [-0.05, 0) is 31.3 Å². The molecule has 0 saturated carbocycles. The topological polar surface area (TPSA) is 84.4 Å². The van der Waals surface area contributed by atoms with Crippen LogP contribution < -0.4 is 5.32 Å². The lowest BCUT2D eigenvalue weighted by molar-refractivity contribution is -0.131. The van der Waals surface area contributed by atoms with Crippen molar-refractivity contribution in [1.82, 2.24) is 20.2 Å². The lowest BCUT2D eigenvalue weighted by Gasteiger charge is -2.18. The fourth-order valence-electron chi connectivity index (χ4n) is 2.90. The van der Waals surface area contributed by atoms with Crippen molar-refractivity contribution < 1.29 is 14.3 Å². The van der Waals surface area contributed by atoms with Crippen molar-refractivity contribution in [3.8, 4) is 0 Å². The Balaban J connectivity index is 0.000000244. The van der Waals surface area contributed by atoms with Crippen LogP contribution in [-0.2, 0) is 20.9 Å². The number of ether oxygens (including phenoxy) is 1. The van der Waals surface area contributed by atoms with Gasteiger partial charge in [-0.3, -0.25) is 14.6 Å². The molecule has 7 nitrogen and oxygen atoms in total. The summed E-state index contributed by atoms with van der Waals surface area (Å²) in [4.78, 5) is 32.1. The van der Waals surface area contributed by atoms with Gasteiger partial charge in [0.2, 0.25) is 12.3 Å². The number of halogens is 1. The van der Waals surface area contributed by atoms with Gasteiger partial charge in [-0.25, -0.2) is 4.98 Å². The molecule has 0 bridgehead atoms. The minimum atomic E-state index is -0.377. The molecule has 27 heavy (non-hydrogen) atoms. The van der Waals surface area contributed by atoms with Gasteiger partial charge in [0.25, 0.3) is 0 Å². The molecule has 1 aliphatic carbocycles. The van der Waals surface area contributed by atoms with Crippen LogP contribution in [0, 0.1) is 0 Å². The van der Waals surface area contributed by atoms with E-state index in [1.54, 1.807) is 7.11 Å². The molecule has 0 aromatic carbocycles. The first-order valence-corrected chi connectivity index (χ1v) is 9.32. The second-order valence-electron chi connectivity index (χ2n) is 6.20. The Hall–Kier alpha value is -2.25. The number of carbonyl (C=O) groups excluding carboxylic acids is 2. The van der Waals surface area contributed by atoms with Gasteiger partial charge < -0.3 is 15.0 Å². The zero-order valence-electron chi connectivity index (χ0n) is 15.4. The number of aromatic nitrogens is 2. The molecule has 1 aromatic rings. The minimum Gasteiger partial charge on any atom is -0.380 e. The van der Waals surface area contributed by atoms with Crippen LogP contribution in [0.4, 0.5) is 0 Å². The number of nitrogens with zero attached hydrogens (tertiary/aromatic N) is 3. The summed E-state index contributed by atoms with van der Waals surface area (Å²) in [6, 6.07) is -0.377. The quantitative estimate of drug-likeness (QED) is 0.751. The van der Waals surface area contributed by atoms with E-state index in [2.05, 4.69) is 33.5 Å². The molecule has 0 spiro atoms. The average molecular weight is 393 g/mol. The zero-order chi connectivity index (χ0) is 19.5. The Morgan fingerprint density at radius 2 is 2.22 bits per heavy atom. The number of hydrogen-bond donors (Lipinski definition) is 1. The van der Waals surface area contributed by atoms with Gasteiger partial charge in [-0.2, -0.15) is 0 Å². The van der Waals surface area contributed by atoms with E-state index in [4.69, 9.17) is 16.3 Å². The molecule has 3 rings (SSSR count). The van der Waals surface area contributed by atoms with Crippen molar-refractivity contribution in [2.24, 2.45) is 0 Å². The van der Waals surface area contributed by atoms with Gasteiger partial charge in [0.15, 0.2) is 5.15 Å². The van der Waals surface area contributed by atoms with Gasteiger partial charge >= 0.3 is 0 Å². The highest BCUT2D eigenvalue weighted by atomic mass is 35.5. The number of hydrogen-bond acceptors (Lipinski definition) is 5. The van der Waals surface area contributed by atoms with E-state index in [0.29, 0.717) is 25.1 Å². The predicted molar refractivity (Wildman–Crippen MR) is 103 cm³/mol. The van der Waals surface area contributed by atoms with E-state index in [1.165, 1.54) is 35.7 Å². The van der Waals surface area contributed by atoms with Gasteiger partial charge in [0, 0.05) is 26.0 Å². The van der Waals surface area contributed by atoms with Gasteiger partial charge in [-0.1, -0.05) is 29.8 Å². The van der Waals surface area contributed by atoms with Gasteiger partial charge in [0.1, 0.15) is 6.04 Å². The number of nitrogens with one attached hydrogen (secondary N) is 1. The van der Waals surface area contributed by atoms with Gasteiger partial charge in [0.05, 0.1) is 18.8 Å². The van der Waals surface area contributed by atoms with Crippen LogP contribution in [0.1, 0.15) is 31.4 Å². The van der Waals surface area contributed by atoms with E-state index < -0.39 is 0 Å². The number of methoxy groups -OCH3 is 1. The molecular weight excluding hydrogens is 368 g/mol. The number of amides is 2. The van der Waals surface area contributed by atoms with Crippen molar-refractivity contribution >= 4 is 23.9 Å². The van der Waals surface area contributed by atoms with Crippen LogP contribution >= 0.6 is 11.6 Å². The normalized spacial score (nSPS) is 18.4. The second kappa shape index (κ2) is 11.5. The summed E-state index contributed by atoms with van der Waals surface area (Å²) in [6.07, 6.45) is 14.2. The monoisotopic (exact) mass is 392 g/mol. The second-order valence-corrected chi connectivity index (χ2v) is 6.56. The Morgan fingerprint density at radius 1 is 1.41 bits per heavy atom. The first kappa shape index (κ1) is 21.1. The molecule has 8 heteroatoms. The molecule has 1 unspecified atom stereocenters. The molecule has 1 saturated heterocycles. The maximum atomic E-state index is 11.9. The van der Waals surface area contributed by atoms with Crippen LogP contribution in [0.3, 0.4) is 0 Å².